The lowest BCUT2D eigenvalue weighted by molar-refractivity contribution is -0.129. The first-order valence-corrected chi connectivity index (χ1v) is 10.5. The van der Waals surface area contributed by atoms with Crippen LogP contribution in [0, 0.1) is 0 Å². The normalized spacial score (nSPS) is 19.8. The topological polar surface area (TPSA) is 92.5 Å². The van der Waals surface area contributed by atoms with E-state index in [4.69, 9.17) is 13.9 Å². The maximum atomic E-state index is 13.1. The second-order valence-corrected chi connectivity index (χ2v) is 7.61. The molecule has 1 amide bonds. The molecule has 0 spiro atoms. The van der Waals surface area contributed by atoms with Crippen LogP contribution in [-0.4, -0.2) is 73.1 Å². The predicted octanol–water partition coefficient (Wildman–Crippen LogP) is 2.60. The van der Waals surface area contributed by atoms with Crippen molar-refractivity contribution >= 4 is 17.8 Å². The van der Waals surface area contributed by atoms with E-state index in [1.165, 1.54) is 18.4 Å². The van der Waals surface area contributed by atoms with Gasteiger partial charge in [-0.2, -0.15) is 0 Å². The Labute approximate surface area is 186 Å². The predicted molar refractivity (Wildman–Crippen MR) is 117 cm³/mol. The molecular weight excluding hydrogens is 412 g/mol. The van der Waals surface area contributed by atoms with Crippen molar-refractivity contribution in [3.63, 3.8) is 0 Å². The summed E-state index contributed by atoms with van der Waals surface area (Å²) in [6, 6.07) is 9.91. The first kappa shape index (κ1) is 21.9. The molecule has 0 saturated carbocycles. The van der Waals surface area contributed by atoms with E-state index < -0.39 is 23.5 Å². The number of amides is 1. The van der Waals surface area contributed by atoms with Gasteiger partial charge >= 0.3 is 0 Å². The van der Waals surface area contributed by atoms with Crippen molar-refractivity contribution in [3.8, 4) is 5.75 Å². The molecule has 0 unspecified atom stereocenters. The molecule has 1 fully saturated rings. The molecule has 0 radical (unpaired) electrons. The molecular formula is C24H26N2O6. The van der Waals surface area contributed by atoms with Gasteiger partial charge in [0.2, 0.25) is 0 Å². The van der Waals surface area contributed by atoms with Crippen molar-refractivity contribution in [2.24, 2.45) is 0 Å². The molecule has 2 aliphatic rings. The summed E-state index contributed by atoms with van der Waals surface area (Å²) in [5.74, 6) is -0.416. The summed E-state index contributed by atoms with van der Waals surface area (Å²) < 4.78 is 16.0. The summed E-state index contributed by atoms with van der Waals surface area (Å²) in [6.07, 6.45) is 4.34. The first-order chi connectivity index (χ1) is 15.6. The highest BCUT2D eigenvalue weighted by Gasteiger charge is 2.43. The zero-order chi connectivity index (χ0) is 22.5. The van der Waals surface area contributed by atoms with Gasteiger partial charge in [0.25, 0.3) is 5.91 Å². The maximum Gasteiger partial charge on any atom is 0.290 e. The number of hydrogen-bond acceptors (Lipinski definition) is 7. The van der Waals surface area contributed by atoms with Crippen LogP contribution in [0.5, 0.6) is 5.75 Å². The van der Waals surface area contributed by atoms with Gasteiger partial charge in [0.05, 0.1) is 38.2 Å². The molecule has 1 aromatic heterocycles. The van der Waals surface area contributed by atoms with Crippen molar-refractivity contribution in [2.45, 2.75) is 6.04 Å². The Kier molecular flexibility index (Phi) is 6.72. The van der Waals surface area contributed by atoms with E-state index in [1.54, 1.807) is 42.3 Å². The summed E-state index contributed by atoms with van der Waals surface area (Å²) in [5, 5.41) is 10.7. The number of nitrogens with zero attached hydrogens (tertiary/aromatic N) is 2. The van der Waals surface area contributed by atoms with Crippen molar-refractivity contribution in [3.05, 3.63) is 71.4 Å². The molecule has 3 heterocycles. The van der Waals surface area contributed by atoms with Crippen LogP contribution in [0.25, 0.3) is 6.08 Å². The van der Waals surface area contributed by atoms with E-state index in [-0.39, 0.29) is 5.57 Å². The number of morpholine rings is 1. The van der Waals surface area contributed by atoms with Crippen LogP contribution < -0.4 is 4.74 Å². The Morgan fingerprint density at radius 3 is 2.75 bits per heavy atom. The molecule has 4 rings (SSSR count). The molecule has 1 saturated heterocycles. The van der Waals surface area contributed by atoms with Crippen LogP contribution in [0.15, 0.2) is 64.5 Å². The summed E-state index contributed by atoms with van der Waals surface area (Å²) in [4.78, 5) is 29.9. The number of ether oxygens (including phenoxy) is 2. The smallest absolute Gasteiger partial charge is 0.290 e. The zero-order valence-electron chi connectivity index (χ0n) is 17.9. The minimum atomic E-state index is -0.715. The second kappa shape index (κ2) is 9.84. The van der Waals surface area contributed by atoms with Gasteiger partial charge in [0.15, 0.2) is 11.5 Å². The third-order valence-corrected chi connectivity index (χ3v) is 5.68. The van der Waals surface area contributed by atoms with Crippen LogP contribution in [0.4, 0.5) is 0 Å². The molecule has 2 aliphatic heterocycles. The molecule has 1 aromatic carbocycles. The highest BCUT2D eigenvalue weighted by atomic mass is 16.5. The Balaban J connectivity index is 1.64. The number of furan rings is 1. The van der Waals surface area contributed by atoms with E-state index in [1.807, 2.05) is 6.07 Å². The number of methoxy groups -OCH3 is 1. The summed E-state index contributed by atoms with van der Waals surface area (Å²) in [5.41, 5.74) is 0.742. The lowest BCUT2D eigenvalue weighted by Crippen LogP contribution is -2.43. The van der Waals surface area contributed by atoms with Crippen LogP contribution in [0.1, 0.15) is 17.4 Å². The van der Waals surface area contributed by atoms with E-state index in [0.717, 1.165) is 13.1 Å². The number of aliphatic hydroxyl groups excluding tert-OH is 1. The van der Waals surface area contributed by atoms with Gasteiger partial charge in [-0.3, -0.25) is 14.5 Å². The molecule has 1 atom stereocenters. The summed E-state index contributed by atoms with van der Waals surface area (Å²) in [7, 11) is 1.56. The van der Waals surface area contributed by atoms with Crippen LogP contribution >= 0.6 is 0 Å². The number of benzene rings is 1. The van der Waals surface area contributed by atoms with E-state index >= 15 is 0 Å². The number of aliphatic hydroxyl groups is 1. The largest absolute Gasteiger partial charge is 0.503 e. The zero-order valence-corrected chi connectivity index (χ0v) is 17.9. The number of rotatable bonds is 8. The SMILES string of the molecule is COc1cccc([C@@H]2C(C(=O)/C=C/c3ccco3)=C(O)C(=O)N2CCN2CCOCC2)c1. The van der Waals surface area contributed by atoms with E-state index in [9.17, 15) is 14.7 Å². The van der Waals surface area contributed by atoms with Crippen LogP contribution in [0.3, 0.4) is 0 Å². The van der Waals surface area contributed by atoms with Gasteiger partial charge in [-0.25, -0.2) is 0 Å². The average molecular weight is 438 g/mol. The lowest BCUT2D eigenvalue weighted by Gasteiger charge is -2.31. The molecule has 168 valence electrons. The van der Waals surface area contributed by atoms with E-state index in [2.05, 4.69) is 4.90 Å². The van der Waals surface area contributed by atoms with Crippen LogP contribution in [-0.2, 0) is 14.3 Å². The number of allylic oxidation sites excluding steroid dienone is 1. The summed E-state index contributed by atoms with van der Waals surface area (Å²) >= 11 is 0. The quantitative estimate of drug-likeness (QED) is 0.634. The molecule has 32 heavy (non-hydrogen) atoms. The van der Waals surface area contributed by atoms with Gasteiger partial charge in [0.1, 0.15) is 11.5 Å². The minimum Gasteiger partial charge on any atom is -0.503 e. The van der Waals surface area contributed by atoms with E-state index in [0.29, 0.717) is 43.4 Å². The molecule has 8 nitrogen and oxygen atoms in total. The minimum absolute atomic E-state index is 0.0491. The third kappa shape index (κ3) is 4.61. The van der Waals surface area contributed by atoms with Crippen molar-refractivity contribution in [2.75, 3.05) is 46.5 Å². The molecule has 0 aliphatic carbocycles. The van der Waals surface area contributed by atoms with Gasteiger partial charge in [-0.15, -0.1) is 0 Å². The fourth-order valence-electron chi connectivity index (χ4n) is 4.00. The highest BCUT2D eigenvalue weighted by molar-refractivity contribution is 6.14. The number of ketones is 1. The highest BCUT2D eigenvalue weighted by Crippen LogP contribution is 2.38. The maximum absolute atomic E-state index is 13.1. The molecule has 8 heteroatoms. The average Bonchev–Trinajstić information content (AvgIpc) is 3.44. The van der Waals surface area contributed by atoms with Gasteiger partial charge in [-0.1, -0.05) is 12.1 Å². The number of carbonyl (C=O) groups is 2. The molecule has 0 bridgehead atoms. The molecule has 1 N–H and O–H groups in total. The second-order valence-electron chi connectivity index (χ2n) is 7.61. The van der Waals surface area contributed by atoms with Crippen molar-refractivity contribution < 1.29 is 28.6 Å². The fourth-order valence-corrected chi connectivity index (χ4v) is 4.00. The van der Waals surface area contributed by atoms with Crippen molar-refractivity contribution in [1.29, 1.82) is 0 Å². The Morgan fingerprint density at radius 2 is 2.03 bits per heavy atom. The first-order valence-electron chi connectivity index (χ1n) is 10.5. The van der Waals surface area contributed by atoms with Crippen molar-refractivity contribution in [1.82, 2.24) is 9.80 Å². The lowest BCUT2D eigenvalue weighted by atomic mass is 9.95. The van der Waals surface area contributed by atoms with Gasteiger partial charge in [-0.05, 0) is 42.0 Å². The number of carbonyl (C=O) groups excluding carboxylic acids is 2. The Morgan fingerprint density at radius 1 is 1.22 bits per heavy atom. The molecule has 2 aromatic rings. The summed E-state index contributed by atoms with van der Waals surface area (Å²) in [6.45, 7) is 3.85. The fraction of sp³-hybridized carbons (Fsp3) is 0.333. The Hall–Kier alpha value is -3.36. The van der Waals surface area contributed by atoms with Crippen LogP contribution in [0.2, 0.25) is 0 Å². The third-order valence-electron chi connectivity index (χ3n) is 5.68. The van der Waals surface area contributed by atoms with Gasteiger partial charge < -0.3 is 23.9 Å². The standard InChI is InChI=1S/C24H26N2O6/c1-30-19-5-2-4-17(16-19)22-21(20(27)8-7-18-6-3-13-32-18)23(28)24(29)26(22)10-9-25-11-14-31-15-12-25/h2-8,13,16,22,28H,9-12,14-15H2,1H3/b8-7+/t22-/m1/s1. The monoisotopic (exact) mass is 438 g/mol. The Bertz CT molecular complexity index is 1020. The number of hydrogen-bond donors (Lipinski definition) is 1. The van der Waals surface area contributed by atoms with Gasteiger partial charge in [0, 0.05) is 26.2 Å².